The highest BCUT2D eigenvalue weighted by Crippen LogP contribution is 2.35. The minimum Gasteiger partial charge on any atom is -0.506 e. The second kappa shape index (κ2) is 20.7. The number of benzene rings is 5. The number of aliphatic hydroxyl groups excluding tert-OH is 1. The van der Waals surface area contributed by atoms with Gasteiger partial charge in [0, 0.05) is 65.7 Å². The van der Waals surface area contributed by atoms with Crippen LogP contribution in [0, 0.1) is 5.92 Å². The van der Waals surface area contributed by atoms with Crippen LogP contribution in [0.4, 0.5) is 0 Å². The maximum absolute atomic E-state index is 14.1. The number of aromatic amines is 1. The molecule has 0 bridgehead atoms. The van der Waals surface area contributed by atoms with Gasteiger partial charge in [-0.3, -0.25) is 24.5 Å². The zero-order chi connectivity index (χ0) is 46.0. The molecule has 0 spiro atoms. The molecular formula is C52H52N6O8. The van der Waals surface area contributed by atoms with Crippen LogP contribution in [0.25, 0.3) is 22.2 Å². The lowest BCUT2D eigenvalue weighted by Gasteiger charge is -2.33. The molecule has 1 amide bonds. The number of pyridine rings is 1. The summed E-state index contributed by atoms with van der Waals surface area (Å²) in [6.07, 6.45) is 3.88. The number of fused-ring (bicyclic) bond motifs is 1. The number of carbonyl (C=O) groups is 2. The van der Waals surface area contributed by atoms with E-state index in [4.69, 9.17) is 9.47 Å². The number of nitrogens with zero attached hydrogens (tertiary/aromatic N) is 3. The van der Waals surface area contributed by atoms with Gasteiger partial charge in [-0.1, -0.05) is 91.0 Å². The van der Waals surface area contributed by atoms with E-state index in [0.717, 1.165) is 38.0 Å². The molecule has 6 N–H and O–H groups in total. The first-order chi connectivity index (χ1) is 32.1. The van der Waals surface area contributed by atoms with Crippen molar-refractivity contribution in [3.8, 4) is 22.8 Å². The standard InChI is InChI=1S/C52H52N6O8/c1-65-46-28-37(15-16-38(46)29-53-31-45(60)41-17-19-44(59)49-42(41)18-20-47(61)57-49)50(62)56-30-43-48(55-24-23-54-43)36-11-8-14-40(27-36)52(64,39-12-6-3-7-13-39)51(63)66-33-35-21-25-58(26-22-35)32-34-9-4-2-5-10-34/h2-20,23-24,27-28,35,45,53,59-60,64H,21-22,25-26,29-33H2,1H3,(H,56,62)(H,57,61). The van der Waals surface area contributed by atoms with Crippen molar-refractivity contribution >= 4 is 22.8 Å². The van der Waals surface area contributed by atoms with E-state index in [1.54, 1.807) is 79.0 Å². The summed E-state index contributed by atoms with van der Waals surface area (Å²) in [4.78, 5) is 53.6. The highest BCUT2D eigenvalue weighted by molar-refractivity contribution is 5.95. The lowest BCUT2D eigenvalue weighted by molar-refractivity contribution is -0.164. The van der Waals surface area contributed by atoms with Crippen molar-refractivity contribution < 1.29 is 34.4 Å². The number of ether oxygens (including phenoxy) is 2. The predicted octanol–water partition coefficient (Wildman–Crippen LogP) is 6.14. The van der Waals surface area contributed by atoms with E-state index >= 15 is 0 Å². The van der Waals surface area contributed by atoms with E-state index in [2.05, 4.69) is 42.6 Å². The SMILES string of the molecule is COc1cc(C(=O)NCc2nccnc2-c2cccc(C(O)(C(=O)OCC3CCN(Cc4ccccc4)CC3)c3ccccc3)c2)ccc1CNCC(O)c1ccc(O)c2[nH]c(=O)ccc12. The highest BCUT2D eigenvalue weighted by Gasteiger charge is 2.42. The molecule has 1 fully saturated rings. The number of amides is 1. The molecule has 3 heterocycles. The van der Waals surface area contributed by atoms with Crippen molar-refractivity contribution in [1.82, 2.24) is 30.5 Å². The third-order valence-corrected chi connectivity index (χ3v) is 12.1. The van der Waals surface area contributed by atoms with E-state index in [0.29, 0.717) is 56.9 Å². The fourth-order valence-electron chi connectivity index (χ4n) is 8.46. The summed E-state index contributed by atoms with van der Waals surface area (Å²) in [5, 5.41) is 40.3. The van der Waals surface area contributed by atoms with Gasteiger partial charge in [0.25, 0.3) is 5.91 Å². The first kappa shape index (κ1) is 45.3. The summed E-state index contributed by atoms with van der Waals surface area (Å²) >= 11 is 0. The first-order valence-corrected chi connectivity index (χ1v) is 21.9. The average Bonchev–Trinajstić information content (AvgIpc) is 3.36. The molecular weight excluding hydrogens is 837 g/mol. The van der Waals surface area contributed by atoms with Crippen LogP contribution < -0.4 is 20.9 Å². The minimum atomic E-state index is -2.12. The number of likely N-dealkylation sites (tertiary alicyclic amines) is 1. The Morgan fingerprint density at radius 2 is 1.61 bits per heavy atom. The van der Waals surface area contributed by atoms with Gasteiger partial charge in [-0.2, -0.15) is 0 Å². The van der Waals surface area contributed by atoms with Crippen molar-refractivity contribution in [2.75, 3.05) is 33.4 Å². The fraction of sp³-hybridized carbons (Fsp3) is 0.250. The minimum absolute atomic E-state index is 0.0186. The zero-order valence-electron chi connectivity index (χ0n) is 36.5. The summed E-state index contributed by atoms with van der Waals surface area (Å²) in [6.45, 7) is 3.34. The van der Waals surface area contributed by atoms with Crippen molar-refractivity contribution in [3.63, 3.8) is 0 Å². The molecule has 338 valence electrons. The first-order valence-electron chi connectivity index (χ1n) is 21.9. The molecule has 1 aliphatic heterocycles. The number of phenols is 1. The Morgan fingerprint density at radius 1 is 0.864 bits per heavy atom. The summed E-state index contributed by atoms with van der Waals surface area (Å²) in [6, 6.07) is 37.1. The number of esters is 1. The normalized spacial score (nSPS) is 14.6. The van der Waals surface area contributed by atoms with Gasteiger partial charge in [0.2, 0.25) is 11.2 Å². The monoisotopic (exact) mass is 888 g/mol. The smallest absolute Gasteiger partial charge is 0.347 e. The average molecular weight is 889 g/mol. The van der Waals surface area contributed by atoms with Crippen LogP contribution in [0.5, 0.6) is 11.5 Å². The second-order valence-electron chi connectivity index (χ2n) is 16.5. The van der Waals surface area contributed by atoms with Crippen LogP contribution in [-0.2, 0) is 34.8 Å². The van der Waals surface area contributed by atoms with Crippen LogP contribution in [0.3, 0.4) is 0 Å². The van der Waals surface area contributed by atoms with Crippen molar-refractivity contribution in [2.45, 2.75) is 44.2 Å². The van der Waals surface area contributed by atoms with Gasteiger partial charge < -0.3 is 40.4 Å². The summed E-state index contributed by atoms with van der Waals surface area (Å²) in [5.41, 5.74) is 2.84. The number of aromatic nitrogens is 3. The quantitative estimate of drug-likeness (QED) is 0.0572. The summed E-state index contributed by atoms with van der Waals surface area (Å²) in [7, 11) is 1.51. The van der Waals surface area contributed by atoms with Gasteiger partial charge in [-0.25, -0.2) is 4.79 Å². The number of rotatable bonds is 17. The van der Waals surface area contributed by atoms with Crippen molar-refractivity contribution in [3.05, 3.63) is 189 Å². The van der Waals surface area contributed by atoms with E-state index in [1.807, 2.05) is 30.3 Å². The molecule has 7 aromatic rings. The van der Waals surface area contributed by atoms with Crippen molar-refractivity contribution in [1.29, 1.82) is 0 Å². The van der Waals surface area contributed by atoms with E-state index in [1.165, 1.54) is 31.0 Å². The lowest BCUT2D eigenvalue weighted by Crippen LogP contribution is -2.40. The Hall–Kier alpha value is -7.23. The lowest BCUT2D eigenvalue weighted by atomic mass is 9.85. The van der Waals surface area contributed by atoms with Gasteiger partial charge in [0.15, 0.2) is 0 Å². The molecule has 0 aliphatic carbocycles. The summed E-state index contributed by atoms with van der Waals surface area (Å²) in [5.74, 6) is -0.603. The molecule has 2 unspecified atom stereocenters. The van der Waals surface area contributed by atoms with Gasteiger partial charge in [-0.15, -0.1) is 0 Å². The Balaban J connectivity index is 0.912. The van der Waals surface area contributed by atoms with Gasteiger partial charge in [0.1, 0.15) is 11.5 Å². The Kier molecular flexibility index (Phi) is 14.2. The molecule has 1 saturated heterocycles. The van der Waals surface area contributed by atoms with E-state index < -0.39 is 17.7 Å². The van der Waals surface area contributed by atoms with Crippen molar-refractivity contribution in [2.24, 2.45) is 5.92 Å². The molecule has 14 nitrogen and oxygen atoms in total. The number of nitrogens with one attached hydrogen (secondary N) is 3. The number of aromatic hydroxyl groups is 1. The van der Waals surface area contributed by atoms with Gasteiger partial charge in [0.05, 0.1) is 43.3 Å². The van der Waals surface area contributed by atoms with Gasteiger partial charge >= 0.3 is 5.97 Å². The largest absolute Gasteiger partial charge is 0.506 e. The molecule has 0 radical (unpaired) electrons. The molecule has 8 rings (SSSR count). The highest BCUT2D eigenvalue weighted by atomic mass is 16.5. The number of carbonyl (C=O) groups excluding carboxylic acids is 2. The number of methoxy groups -OCH3 is 1. The number of piperidine rings is 1. The predicted molar refractivity (Wildman–Crippen MR) is 249 cm³/mol. The summed E-state index contributed by atoms with van der Waals surface area (Å²) < 4.78 is 11.6. The zero-order valence-corrected chi connectivity index (χ0v) is 36.5. The third-order valence-electron chi connectivity index (χ3n) is 12.1. The maximum atomic E-state index is 14.1. The Bertz CT molecular complexity index is 2850. The molecule has 2 aromatic heterocycles. The van der Waals surface area contributed by atoms with Crippen LogP contribution in [0.2, 0.25) is 0 Å². The number of aliphatic hydroxyl groups is 2. The number of hydrogen-bond acceptors (Lipinski definition) is 12. The molecule has 5 aromatic carbocycles. The van der Waals surface area contributed by atoms with E-state index in [-0.39, 0.29) is 48.3 Å². The van der Waals surface area contributed by atoms with Crippen LogP contribution in [-0.4, -0.2) is 80.4 Å². The van der Waals surface area contributed by atoms with Crippen LogP contribution in [0.1, 0.15) is 62.8 Å². The van der Waals surface area contributed by atoms with Crippen LogP contribution >= 0.6 is 0 Å². The maximum Gasteiger partial charge on any atom is 0.347 e. The molecule has 2 atom stereocenters. The topological polar surface area (TPSA) is 199 Å². The number of hydrogen-bond donors (Lipinski definition) is 6. The molecule has 1 aliphatic rings. The van der Waals surface area contributed by atoms with Crippen LogP contribution in [0.15, 0.2) is 145 Å². The number of H-pyrrole nitrogens is 1. The third kappa shape index (κ3) is 10.3. The fourth-order valence-corrected chi connectivity index (χ4v) is 8.46. The number of phenolic OH excluding ortho intramolecular Hbond substituents is 1. The Morgan fingerprint density at radius 3 is 2.38 bits per heavy atom. The molecule has 14 heteroatoms. The second-order valence-corrected chi connectivity index (χ2v) is 16.5. The van der Waals surface area contributed by atoms with E-state index in [9.17, 15) is 29.7 Å². The molecule has 0 saturated carbocycles. The van der Waals surface area contributed by atoms with Gasteiger partial charge in [-0.05, 0) is 78.9 Å². The molecule has 66 heavy (non-hydrogen) atoms. The Labute approximate surface area is 381 Å².